The summed E-state index contributed by atoms with van der Waals surface area (Å²) in [6.45, 7) is 0. The van der Waals surface area contributed by atoms with Crippen LogP contribution < -0.4 is 4.74 Å². The van der Waals surface area contributed by atoms with Gasteiger partial charge in [-0.25, -0.2) is 4.99 Å². The van der Waals surface area contributed by atoms with Crippen LogP contribution in [-0.2, 0) is 0 Å². The normalized spacial score (nSPS) is 11.1. The third-order valence-electron chi connectivity index (χ3n) is 3.61. The Balaban J connectivity index is 2.05. The van der Waals surface area contributed by atoms with E-state index in [9.17, 15) is 4.79 Å². The van der Waals surface area contributed by atoms with E-state index in [1.54, 1.807) is 19.2 Å². The molecule has 0 amide bonds. The van der Waals surface area contributed by atoms with Crippen LogP contribution in [0.1, 0.15) is 15.9 Å². The number of ether oxygens (including phenoxy) is 1. The van der Waals surface area contributed by atoms with Crippen molar-refractivity contribution in [2.75, 3.05) is 7.11 Å². The Labute approximate surface area is 141 Å². The number of rotatable bonds is 5. The molecule has 0 N–H and O–H groups in total. The first kappa shape index (κ1) is 15.7. The molecule has 0 atom stereocenters. The Bertz CT molecular complexity index is 838. The van der Waals surface area contributed by atoms with Gasteiger partial charge in [0.1, 0.15) is 11.5 Å². The zero-order valence-electron chi connectivity index (χ0n) is 13.3. The highest BCUT2D eigenvalue weighted by atomic mass is 16.5. The molecule has 3 aromatic carbocycles. The molecule has 0 saturated carbocycles. The molecule has 0 heterocycles. The second-order valence-corrected chi connectivity index (χ2v) is 5.22. The average molecular weight is 315 g/mol. The van der Waals surface area contributed by atoms with E-state index >= 15 is 0 Å². The topological polar surface area (TPSA) is 38.7 Å². The summed E-state index contributed by atoms with van der Waals surface area (Å²) in [5, 5.41) is 0. The maximum absolute atomic E-state index is 12.9. The predicted octanol–water partition coefficient (Wildman–Crippen LogP) is 4.70. The number of methoxy groups -OCH3 is 1. The zero-order chi connectivity index (χ0) is 16.8. The Hall–Kier alpha value is -3.20. The molecular formula is C21H17NO2. The van der Waals surface area contributed by atoms with Crippen molar-refractivity contribution in [3.8, 4) is 5.75 Å². The molecule has 3 aromatic rings. The Morgan fingerprint density at radius 2 is 1.29 bits per heavy atom. The van der Waals surface area contributed by atoms with Gasteiger partial charge in [-0.2, -0.15) is 0 Å². The summed E-state index contributed by atoms with van der Waals surface area (Å²) in [6, 6.07) is 26.0. The van der Waals surface area contributed by atoms with Crippen molar-refractivity contribution >= 4 is 17.2 Å². The van der Waals surface area contributed by atoms with Crippen LogP contribution >= 0.6 is 0 Å². The lowest BCUT2D eigenvalue weighted by atomic mass is 10.0. The summed E-state index contributed by atoms with van der Waals surface area (Å²) in [5.41, 5.74) is 2.54. The summed E-state index contributed by atoms with van der Waals surface area (Å²) in [6.07, 6.45) is 0. The van der Waals surface area contributed by atoms with Crippen LogP contribution in [-0.4, -0.2) is 18.6 Å². The fourth-order valence-corrected chi connectivity index (χ4v) is 2.35. The lowest BCUT2D eigenvalue weighted by Gasteiger charge is -2.07. The van der Waals surface area contributed by atoms with E-state index in [1.807, 2.05) is 72.8 Å². The van der Waals surface area contributed by atoms with Gasteiger partial charge in [0.25, 0.3) is 0 Å². The number of hydrogen-bond acceptors (Lipinski definition) is 3. The minimum Gasteiger partial charge on any atom is -0.497 e. The molecule has 3 nitrogen and oxygen atoms in total. The maximum Gasteiger partial charge on any atom is 0.211 e. The summed E-state index contributed by atoms with van der Waals surface area (Å²) in [5.74, 6) is 0.655. The molecule has 3 heteroatoms. The fraction of sp³-hybridized carbons (Fsp3) is 0.0476. The number of aliphatic imine (C=N–C) groups is 1. The molecular weight excluding hydrogens is 298 g/mol. The minimum atomic E-state index is -0.0994. The van der Waals surface area contributed by atoms with Gasteiger partial charge in [-0.1, -0.05) is 60.7 Å². The van der Waals surface area contributed by atoms with Gasteiger partial charge in [0, 0.05) is 11.1 Å². The number of nitrogens with zero attached hydrogens (tertiary/aromatic N) is 1. The lowest BCUT2D eigenvalue weighted by molar-refractivity contribution is 0.106. The van der Waals surface area contributed by atoms with E-state index in [4.69, 9.17) is 4.74 Å². The van der Waals surface area contributed by atoms with Crippen molar-refractivity contribution in [1.29, 1.82) is 0 Å². The molecule has 0 spiro atoms. The van der Waals surface area contributed by atoms with Crippen molar-refractivity contribution in [1.82, 2.24) is 0 Å². The van der Waals surface area contributed by atoms with Crippen LogP contribution in [0.2, 0.25) is 0 Å². The fourth-order valence-electron chi connectivity index (χ4n) is 2.35. The second-order valence-electron chi connectivity index (χ2n) is 5.22. The molecule has 0 aliphatic heterocycles. The van der Waals surface area contributed by atoms with Gasteiger partial charge in [-0.05, 0) is 24.3 Å². The van der Waals surface area contributed by atoms with E-state index < -0.39 is 0 Å². The van der Waals surface area contributed by atoms with Crippen molar-refractivity contribution < 1.29 is 9.53 Å². The van der Waals surface area contributed by atoms with Crippen molar-refractivity contribution in [2.24, 2.45) is 4.99 Å². The number of carbonyl (C=O) groups is 1. The van der Waals surface area contributed by atoms with Crippen LogP contribution in [0.15, 0.2) is 89.9 Å². The SMILES string of the molecule is COc1ccc(N=C(C(=O)c2ccccc2)c2ccccc2)cc1. The summed E-state index contributed by atoms with van der Waals surface area (Å²) in [4.78, 5) is 17.5. The van der Waals surface area contributed by atoms with Gasteiger partial charge < -0.3 is 4.74 Å². The highest BCUT2D eigenvalue weighted by Gasteiger charge is 2.16. The van der Waals surface area contributed by atoms with E-state index in [0.29, 0.717) is 17.0 Å². The van der Waals surface area contributed by atoms with Gasteiger partial charge in [0.05, 0.1) is 12.8 Å². The number of ketones is 1. The molecule has 0 unspecified atom stereocenters. The number of benzene rings is 3. The van der Waals surface area contributed by atoms with E-state index in [0.717, 1.165) is 11.3 Å². The quantitative estimate of drug-likeness (QED) is 0.505. The standard InChI is InChI=1S/C21H17NO2/c1-24-19-14-12-18(13-15-19)22-20(16-8-4-2-5-9-16)21(23)17-10-6-3-7-11-17/h2-15H,1H3. The summed E-state index contributed by atoms with van der Waals surface area (Å²) in [7, 11) is 1.62. The van der Waals surface area contributed by atoms with Crippen LogP contribution in [0.5, 0.6) is 5.75 Å². The molecule has 0 bridgehead atoms. The van der Waals surface area contributed by atoms with Crippen molar-refractivity contribution in [2.45, 2.75) is 0 Å². The Morgan fingerprint density at radius 3 is 1.83 bits per heavy atom. The highest BCUT2D eigenvalue weighted by molar-refractivity contribution is 6.51. The first-order valence-corrected chi connectivity index (χ1v) is 7.66. The largest absolute Gasteiger partial charge is 0.497 e. The van der Waals surface area contributed by atoms with E-state index in [1.165, 1.54) is 0 Å². The third kappa shape index (κ3) is 3.58. The first-order chi connectivity index (χ1) is 11.8. The second kappa shape index (κ2) is 7.38. The van der Waals surface area contributed by atoms with Crippen LogP contribution in [0.3, 0.4) is 0 Å². The number of hydrogen-bond donors (Lipinski definition) is 0. The van der Waals surface area contributed by atoms with Gasteiger partial charge in [0.2, 0.25) is 5.78 Å². The van der Waals surface area contributed by atoms with Gasteiger partial charge >= 0.3 is 0 Å². The van der Waals surface area contributed by atoms with Crippen LogP contribution in [0.4, 0.5) is 5.69 Å². The monoisotopic (exact) mass is 315 g/mol. The van der Waals surface area contributed by atoms with E-state index in [2.05, 4.69) is 4.99 Å². The zero-order valence-corrected chi connectivity index (χ0v) is 13.3. The molecule has 118 valence electrons. The summed E-state index contributed by atoms with van der Waals surface area (Å²) >= 11 is 0. The smallest absolute Gasteiger partial charge is 0.211 e. The molecule has 24 heavy (non-hydrogen) atoms. The average Bonchev–Trinajstić information content (AvgIpc) is 2.67. The molecule has 0 aliphatic rings. The van der Waals surface area contributed by atoms with Gasteiger partial charge in [-0.3, -0.25) is 4.79 Å². The molecule has 0 radical (unpaired) electrons. The number of carbonyl (C=O) groups excluding carboxylic acids is 1. The van der Waals surface area contributed by atoms with Crippen molar-refractivity contribution in [3.05, 3.63) is 96.1 Å². The van der Waals surface area contributed by atoms with Crippen molar-refractivity contribution in [3.63, 3.8) is 0 Å². The van der Waals surface area contributed by atoms with Gasteiger partial charge in [0.15, 0.2) is 0 Å². The first-order valence-electron chi connectivity index (χ1n) is 7.66. The van der Waals surface area contributed by atoms with Crippen LogP contribution in [0.25, 0.3) is 0 Å². The summed E-state index contributed by atoms with van der Waals surface area (Å²) < 4.78 is 5.16. The number of Topliss-reactive ketones (excluding diaryl/α,β-unsaturated/α-hetero) is 1. The Morgan fingerprint density at radius 1 is 0.750 bits per heavy atom. The third-order valence-corrected chi connectivity index (χ3v) is 3.61. The lowest BCUT2D eigenvalue weighted by Crippen LogP contribution is -2.15. The Kier molecular flexibility index (Phi) is 4.82. The van der Waals surface area contributed by atoms with Crippen LogP contribution in [0, 0.1) is 0 Å². The molecule has 0 aliphatic carbocycles. The highest BCUT2D eigenvalue weighted by Crippen LogP contribution is 2.20. The predicted molar refractivity (Wildman–Crippen MR) is 96.4 cm³/mol. The minimum absolute atomic E-state index is 0.0994. The maximum atomic E-state index is 12.9. The molecule has 0 aromatic heterocycles. The molecule has 0 saturated heterocycles. The van der Waals surface area contributed by atoms with E-state index in [-0.39, 0.29) is 5.78 Å². The molecule has 3 rings (SSSR count). The van der Waals surface area contributed by atoms with Gasteiger partial charge in [-0.15, -0.1) is 0 Å². The molecule has 0 fully saturated rings.